The minimum atomic E-state index is -0.420. The Labute approximate surface area is 218 Å². The monoisotopic (exact) mass is 516 g/mol. The van der Waals surface area contributed by atoms with Crippen LogP contribution in [-0.4, -0.2) is 37.7 Å². The number of pyridine rings is 1. The van der Waals surface area contributed by atoms with Gasteiger partial charge in [0.05, 0.1) is 17.8 Å². The van der Waals surface area contributed by atoms with Crippen molar-refractivity contribution in [2.45, 2.75) is 37.8 Å². The molecule has 2 aromatic heterocycles. The quantitative estimate of drug-likeness (QED) is 0.416. The van der Waals surface area contributed by atoms with Crippen LogP contribution in [0.15, 0.2) is 61.2 Å². The van der Waals surface area contributed by atoms with Crippen LogP contribution in [-0.2, 0) is 18.4 Å². The number of carbonyl (C=O) groups is 2. The summed E-state index contributed by atoms with van der Waals surface area (Å²) in [7, 11) is 1.81. The maximum atomic E-state index is 13.6. The molecule has 3 heterocycles. The van der Waals surface area contributed by atoms with Gasteiger partial charge in [-0.3, -0.25) is 14.5 Å². The number of benzene rings is 2. The topological polar surface area (TPSA) is 102 Å². The Morgan fingerprint density at radius 1 is 1.14 bits per heavy atom. The number of hydrogen-bond donors (Lipinski definition) is 1. The highest BCUT2D eigenvalue weighted by Crippen LogP contribution is 2.42. The van der Waals surface area contributed by atoms with Gasteiger partial charge in [-0.25, -0.2) is 14.7 Å². The molecule has 3 unspecified atom stereocenters. The number of amides is 3. The maximum Gasteiger partial charge on any atom is 0.329 e. The van der Waals surface area contributed by atoms with Crippen LogP contribution >= 0.6 is 11.6 Å². The molecule has 2 fully saturated rings. The Morgan fingerprint density at radius 2 is 2.00 bits per heavy atom. The van der Waals surface area contributed by atoms with Gasteiger partial charge < -0.3 is 10.1 Å². The summed E-state index contributed by atoms with van der Waals surface area (Å²) in [5.41, 5.74) is 1.46. The molecule has 2 aromatic carbocycles. The van der Waals surface area contributed by atoms with E-state index in [0.717, 1.165) is 22.8 Å². The molecule has 37 heavy (non-hydrogen) atoms. The van der Waals surface area contributed by atoms with Gasteiger partial charge in [0.15, 0.2) is 5.82 Å². The summed E-state index contributed by atoms with van der Waals surface area (Å²) in [6.45, 7) is 0.251. The first-order valence-electron chi connectivity index (χ1n) is 12.2. The van der Waals surface area contributed by atoms with E-state index in [0.29, 0.717) is 35.1 Å². The SMILES string of the molecule is Cn1cnc(COc2ccc(Cl)c(C3CCC4C(=O)N(c5cncc6ccccc56)C(=O)NC4C3)c2)n1. The van der Waals surface area contributed by atoms with Gasteiger partial charge in [-0.15, -0.1) is 0 Å². The van der Waals surface area contributed by atoms with E-state index in [1.165, 1.54) is 4.90 Å². The number of fused-ring (bicyclic) bond motifs is 2. The molecule has 0 bridgehead atoms. The third kappa shape index (κ3) is 4.40. The van der Waals surface area contributed by atoms with Gasteiger partial charge in [-0.1, -0.05) is 35.9 Å². The van der Waals surface area contributed by atoms with Crippen molar-refractivity contribution in [1.29, 1.82) is 0 Å². The second kappa shape index (κ2) is 9.48. The maximum absolute atomic E-state index is 13.6. The van der Waals surface area contributed by atoms with E-state index in [1.807, 2.05) is 42.5 Å². The number of aryl methyl sites for hydroxylation is 1. The number of carbonyl (C=O) groups excluding carboxylic acids is 2. The van der Waals surface area contributed by atoms with Gasteiger partial charge in [0, 0.05) is 35.1 Å². The van der Waals surface area contributed by atoms with Crippen molar-refractivity contribution in [3.05, 3.63) is 77.6 Å². The summed E-state index contributed by atoms with van der Waals surface area (Å²) in [5.74, 6) is 0.864. The lowest BCUT2D eigenvalue weighted by Gasteiger charge is -2.42. The van der Waals surface area contributed by atoms with E-state index in [4.69, 9.17) is 16.3 Å². The van der Waals surface area contributed by atoms with Crippen LogP contribution in [0.2, 0.25) is 5.02 Å². The lowest BCUT2D eigenvalue weighted by molar-refractivity contribution is -0.124. The fourth-order valence-electron chi connectivity index (χ4n) is 5.43. The molecule has 0 radical (unpaired) electrons. The van der Waals surface area contributed by atoms with Crippen LogP contribution in [0.1, 0.15) is 36.6 Å². The zero-order chi connectivity index (χ0) is 25.5. The molecular formula is C27H25ClN6O3. The summed E-state index contributed by atoms with van der Waals surface area (Å²) in [4.78, 5) is 36.5. The van der Waals surface area contributed by atoms with Crippen molar-refractivity contribution < 1.29 is 14.3 Å². The number of urea groups is 1. The second-order valence-corrected chi connectivity index (χ2v) is 9.94. The van der Waals surface area contributed by atoms with Gasteiger partial charge in [-0.05, 0) is 48.9 Å². The highest BCUT2D eigenvalue weighted by molar-refractivity contribution is 6.31. The fourth-order valence-corrected chi connectivity index (χ4v) is 5.70. The van der Waals surface area contributed by atoms with Gasteiger partial charge in [0.1, 0.15) is 18.7 Å². The summed E-state index contributed by atoms with van der Waals surface area (Å²) in [6.07, 6.45) is 6.97. The van der Waals surface area contributed by atoms with Crippen molar-refractivity contribution in [1.82, 2.24) is 25.1 Å². The normalized spacial score (nSPS) is 21.6. The number of anilines is 1. The number of nitrogens with one attached hydrogen (secondary N) is 1. The van der Waals surface area contributed by atoms with E-state index >= 15 is 0 Å². The minimum absolute atomic E-state index is 0.0872. The van der Waals surface area contributed by atoms with Crippen molar-refractivity contribution in [2.24, 2.45) is 13.0 Å². The van der Waals surface area contributed by atoms with Crippen molar-refractivity contribution in [2.75, 3.05) is 4.90 Å². The third-order valence-electron chi connectivity index (χ3n) is 7.21. The molecule has 3 amide bonds. The lowest BCUT2D eigenvalue weighted by Crippen LogP contribution is -2.61. The molecular weight excluding hydrogens is 492 g/mol. The third-order valence-corrected chi connectivity index (χ3v) is 7.55. The number of imide groups is 1. The molecule has 10 heteroatoms. The zero-order valence-electron chi connectivity index (χ0n) is 20.2. The van der Waals surface area contributed by atoms with Crippen LogP contribution in [0, 0.1) is 5.92 Å². The molecule has 3 atom stereocenters. The van der Waals surface area contributed by atoms with Crippen molar-refractivity contribution in [3.63, 3.8) is 0 Å². The first-order chi connectivity index (χ1) is 18.0. The van der Waals surface area contributed by atoms with Crippen LogP contribution < -0.4 is 15.0 Å². The number of rotatable bonds is 5. The Bertz CT molecular complexity index is 1500. The number of aromatic nitrogens is 4. The fraction of sp³-hybridized carbons (Fsp3) is 0.296. The molecule has 1 saturated carbocycles. The molecule has 1 N–H and O–H groups in total. The van der Waals surface area contributed by atoms with Gasteiger partial charge >= 0.3 is 6.03 Å². The average Bonchev–Trinajstić information content (AvgIpc) is 3.33. The predicted octanol–water partition coefficient (Wildman–Crippen LogP) is 4.60. The highest BCUT2D eigenvalue weighted by Gasteiger charge is 2.45. The standard InChI is InChI=1S/C27H25ClN6O3/c1-33-15-30-25(32-33)14-37-18-7-9-22(28)21(11-18)16-6-8-20-23(10-16)31-27(36)34(26(20)35)24-13-29-12-17-4-2-3-5-19(17)24/h2-5,7,9,11-13,15-16,20,23H,6,8,10,14H2,1H3,(H,31,36). The smallest absolute Gasteiger partial charge is 0.329 e. The summed E-state index contributed by atoms with van der Waals surface area (Å²) in [6, 6.07) is 12.5. The van der Waals surface area contributed by atoms with Gasteiger partial charge in [0.2, 0.25) is 5.91 Å². The number of halogens is 1. The van der Waals surface area contributed by atoms with Crippen molar-refractivity contribution >= 4 is 40.0 Å². The van der Waals surface area contributed by atoms with E-state index in [9.17, 15) is 9.59 Å². The van der Waals surface area contributed by atoms with E-state index in [1.54, 1.807) is 30.5 Å². The van der Waals surface area contributed by atoms with Gasteiger partial charge in [-0.2, -0.15) is 5.10 Å². The molecule has 2 aliphatic rings. The summed E-state index contributed by atoms with van der Waals surface area (Å²) in [5, 5.41) is 9.66. The van der Waals surface area contributed by atoms with Crippen LogP contribution in [0.5, 0.6) is 5.75 Å². The van der Waals surface area contributed by atoms with Crippen LogP contribution in [0.3, 0.4) is 0 Å². The Hall–Kier alpha value is -3.98. The molecule has 9 nitrogen and oxygen atoms in total. The molecule has 1 aliphatic carbocycles. The molecule has 6 rings (SSSR count). The van der Waals surface area contributed by atoms with Crippen LogP contribution in [0.25, 0.3) is 10.8 Å². The Morgan fingerprint density at radius 3 is 2.84 bits per heavy atom. The Kier molecular flexibility index (Phi) is 6.00. The van der Waals surface area contributed by atoms with E-state index in [-0.39, 0.29) is 30.4 Å². The zero-order valence-corrected chi connectivity index (χ0v) is 20.9. The van der Waals surface area contributed by atoms with E-state index in [2.05, 4.69) is 20.4 Å². The van der Waals surface area contributed by atoms with Crippen molar-refractivity contribution in [3.8, 4) is 5.75 Å². The second-order valence-electron chi connectivity index (χ2n) is 9.53. The van der Waals surface area contributed by atoms with Crippen LogP contribution in [0.4, 0.5) is 10.5 Å². The average molecular weight is 517 g/mol. The summed E-state index contributed by atoms with van der Waals surface area (Å²) < 4.78 is 7.52. The predicted molar refractivity (Wildman–Crippen MR) is 138 cm³/mol. The first-order valence-corrected chi connectivity index (χ1v) is 12.6. The number of nitrogens with zero attached hydrogens (tertiary/aromatic N) is 5. The highest BCUT2D eigenvalue weighted by atomic mass is 35.5. The minimum Gasteiger partial charge on any atom is -0.486 e. The molecule has 0 spiro atoms. The molecule has 4 aromatic rings. The largest absolute Gasteiger partial charge is 0.486 e. The first kappa shape index (κ1) is 23.4. The lowest BCUT2D eigenvalue weighted by atomic mass is 9.74. The van der Waals surface area contributed by atoms with Gasteiger partial charge in [0.25, 0.3) is 0 Å². The van der Waals surface area contributed by atoms with E-state index < -0.39 is 6.03 Å². The number of hydrogen-bond acceptors (Lipinski definition) is 6. The molecule has 188 valence electrons. The molecule has 1 aliphatic heterocycles. The Balaban J connectivity index is 1.20. The summed E-state index contributed by atoms with van der Waals surface area (Å²) >= 11 is 6.59. The molecule has 1 saturated heterocycles. The number of ether oxygens (including phenoxy) is 1.